The Balaban J connectivity index is 0. The van der Waals surface area contributed by atoms with Gasteiger partial charge >= 0.3 is 0 Å². The predicted molar refractivity (Wildman–Crippen MR) is 240 cm³/mol. The maximum atomic E-state index is 12.6. The van der Waals surface area contributed by atoms with Gasteiger partial charge in [-0.2, -0.15) is 0 Å². The van der Waals surface area contributed by atoms with Gasteiger partial charge in [-0.15, -0.1) is 0 Å². The Morgan fingerprint density at radius 2 is 0.732 bits per heavy atom. The number of nitrogens with one attached hydrogen (secondary N) is 1. The van der Waals surface area contributed by atoms with Gasteiger partial charge < -0.3 is 26.2 Å². The molecule has 0 saturated heterocycles. The lowest BCUT2D eigenvalue weighted by molar-refractivity contribution is -0.132. The molecule has 8 nitrogen and oxygen atoms in total. The van der Waals surface area contributed by atoms with Crippen molar-refractivity contribution in [2.24, 2.45) is 5.73 Å². The topological polar surface area (TPSA) is 133 Å². The molecule has 8 heteroatoms. The lowest BCUT2D eigenvalue weighted by Crippen LogP contribution is -2.34. The fourth-order valence-corrected chi connectivity index (χ4v) is 7.36. The van der Waals surface area contributed by atoms with E-state index in [-0.39, 0.29) is 30.9 Å². The van der Waals surface area contributed by atoms with Gasteiger partial charge in [0.15, 0.2) is 0 Å². The zero-order valence-corrected chi connectivity index (χ0v) is 37.5. The molecule has 5 N–H and O–H groups in total. The number of primary amides is 1. The van der Waals surface area contributed by atoms with Crippen molar-refractivity contribution >= 4 is 17.7 Å². The molecule has 0 unspecified atom stereocenters. The number of rotatable bonds is 44. The van der Waals surface area contributed by atoms with E-state index in [0.717, 1.165) is 45.1 Å². The number of nitrogens with two attached hydrogens (primary N) is 1. The first-order valence-electron chi connectivity index (χ1n) is 24.5. The standard InChI is InChI=1S/C32H64N2O4.C16H33NO/c1-2-3-4-5-6-12-16-19-22-25-32(38)34(28-30-36)27-23-20-17-14-11-9-7-8-10-13-15-18-21-24-31(37)33-26-29-35;1-2-3-4-5-6-7-8-9-10-11-12-13-14-15-16(17)18/h35-36H,2-30H2,1H3,(H,33,37);2-15H2,1H3,(H2,17,18). The minimum absolute atomic E-state index is 0.0115. The number of aliphatic hydroxyl groups excluding tert-OH is 2. The van der Waals surface area contributed by atoms with Crippen LogP contribution in [-0.2, 0) is 14.4 Å². The van der Waals surface area contributed by atoms with Gasteiger partial charge in [0.1, 0.15) is 0 Å². The fourth-order valence-electron chi connectivity index (χ4n) is 7.36. The van der Waals surface area contributed by atoms with Crippen LogP contribution in [-0.4, -0.2) is 65.7 Å². The number of unbranched alkanes of at least 4 members (excludes halogenated alkanes) is 32. The fraction of sp³-hybridized carbons (Fsp3) is 0.938. The van der Waals surface area contributed by atoms with E-state index in [1.165, 1.54) is 186 Å². The summed E-state index contributed by atoms with van der Waals surface area (Å²) in [5.41, 5.74) is 5.09. The van der Waals surface area contributed by atoms with Crippen LogP contribution in [0, 0.1) is 0 Å². The third-order valence-corrected chi connectivity index (χ3v) is 11.0. The van der Waals surface area contributed by atoms with Crippen molar-refractivity contribution in [3.8, 4) is 0 Å². The molecule has 56 heavy (non-hydrogen) atoms. The number of aliphatic hydroxyl groups is 2. The first-order chi connectivity index (χ1) is 27.4. The molecule has 0 radical (unpaired) electrons. The van der Waals surface area contributed by atoms with Crippen LogP contribution >= 0.6 is 0 Å². The molecule has 0 bridgehead atoms. The zero-order chi connectivity index (χ0) is 41.4. The molecular formula is C48H97N3O5. The van der Waals surface area contributed by atoms with Crippen LogP contribution in [0.2, 0.25) is 0 Å². The Morgan fingerprint density at radius 1 is 0.411 bits per heavy atom. The molecule has 334 valence electrons. The molecule has 0 aromatic rings. The van der Waals surface area contributed by atoms with Crippen LogP contribution in [0.4, 0.5) is 0 Å². The SMILES string of the molecule is CCCCCCCCCCCC(=O)N(CCO)CCCCCCCCCCCCCCCC(=O)NCCO.CCCCCCCCCCCCCCCC(N)=O. The number of hydrogen-bond acceptors (Lipinski definition) is 5. The maximum absolute atomic E-state index is 12.6. The molecule has 0 saturated carbocycles. The Hall–Kier alpha value is -1.67. The summed E-state index contributed by atoms with van der Waals surface area (Å²) in [5.74, 6) is 0.128. The van der Waals surface area contributed by atoms with Gasteiger partial charge in [-0.25, -0.2) is 0 Å². The number of hydrogen-bond donors (Lipinski definition) is 4. The van der Waals surface area contributed by atoms with E-state index >= 15 is 0 Å². The summed E-state index contributed by atoms with van der Waals surface area (Å²) < 4.78 is 0. The first kappa shape index (κ1) is 56.4. The van der Waals surface area contributed by atoms with Gasteiger partial charge in [-0.05, 0) is 25.7 Å². The quantitative estimate of drug-likeness (QED) is 0.0456. The minimum Gasteiger partial charge on any atom is -0.395 e. The van der Waals surface area contributed by atoms with Crippen molar-refractivity contribution < 1.29 is 24.6 Å². The molecule has 0 heterocycles. The second kappa shape index (κ2) is 49.5. The predicted octanol–water partition coefficient (Wildman–Crippen LogP) is 12.3. The highest BCUT2D eigenvalue weighted by Crippen LogP contribution is 2.16. The van der Waals surface area contributed by atoms with Crippen molar-refractivity contribution in [1.29, 1.82) is 0 Å². The zero-order valence-electron chi connectivity index (χ0n) is 37.5. The monoisotopic (exact) mass is 796 g/mol. The second-order valence-corrected chi connectivity index (χ2v) is 16.6. The van der Waals surface area contributed by atoms with E-state index in [9.17, 15) is 19.5 Å². The summed E-state index contributed by atoms with van der Waals surface area (Å²) >= 11 is 0. The van der Waals surface area contributed by atoms with Crippen LogP contribution in [0.1, 0.15) is 258 Å². The minimum atomic E-state index is -0.155. The summed E-state index contributed by atoms with van der Waals surface area (Å²) in [5, 5.41) is 20.7. The highest BCUT2D eigenvalue weighted by molar-refractivity contribution is 5.76. The van der Waals surface area contributed by atoms with Gasteiger partial charge in [0.2, 0.25) is 17.7 Å². The first-order valence-corrected chi connectivity index (χ1v) is 24.5. The van der Waals surface area contributed by atoms with Crippen molar-refractivity contribution in [3.63, 3.8) is 0 Å². The van der Waals surface area contributed by atoms with Crippen LogP contribution in [0.5, 0.6) is 0 Å². The number of carbonyl (C=O) groups is 3. The molecule has 0 spiro atoms. The second-order valence-electron chi connectivity index (χ2n) is 16.6. The lowest BCUT2D eigenvalue weighted by Gasteiger charge is -2.22. The number of amides is 3. The average Bonchev–Trinajstić information content (AvgIpc) is 3.19. The van der Waals surface area contributed by atoms with Crippen LogP contribution in [0.3, 0.4) is 0 Å². The number of nitrogens with zero attached hydrogens (tertiary/aromatic N) is 1. The normalized spacial score (nSPS) is 11.0. The van der Waals surface area contributed by atoms with E-state index in [1.54, 1.807) is 0 Å². The molecule has 0 fully saturated rings. The van der Waals surface area contributed by atoms with Crippen LogP contribution in [0.15, 0.2) is 0 Å². The smallest absolute Gasteiger partial charge is 0.222 e. The van der Waals surface area contributed by atoms with Gasteiger partial charge in [-0.3, -0.25) is 14.4 Å². The Kier molecular flexibility index (Phi) is 49.9. The molecule has 0 atom stereocenters. The molecule has 0 aromatic heterocycles. The molecular weight excluding hydrogens is 699 g/mol. The number of carbonyl (C=O) groups excluding carboxylic acids is 3. The van der Waals surface area contributed by atoms with E-state index in [0.29, 0.717) is 32.4 Å². The Morgan fingerprint density at radius 3 is 1.07 bits per heavy atom. The van der Waals surface area contributed by atoms with Crippen molar-refractivity contribution in [2.75, 3.05) is 32.8 Å². The highest BCUT2D eigenvalue weighted by atomic mass is 16.3. The van der Waals surface area contributed by atoms with Gasteiger partial charge in [0, 0.05) is 38.9 Å². The van der Waals surface area contributed by atoms with Crippen LogP contribution < -0.4 is 11.1 Å². The van der Waals surface area contributed by atoms with Gasteiger partial charge in [-0.1, -0.05) is 213 Å². The third kappa shape index (κ3) is 48.5. The summed E-state index contributed by atoms with van der Waals surface area (Å²) in [6.07, 6.45) is 46.4. The molecule has 0 rings (SSSR count). The summed E-state index contributed by atoms with van der Waals surface area (Å²) in [6, 6.07) is 0. The van der Waals surface area contributed by atoms with E-state index in [4.69, 9.17) is 10.8 Å². The molecule has 0 aliphatic rings. The summed E-state index contributed by atoms with van der Waals surface area (Å²) in [4.78, 5) is 36.4. The molecule has 0 aromatic carbocycles. The maximum Gasteiger partial charge on any atom is 0.222 e. The summed E-state index contributed by atoms with van der Waals surface area (Å²) in [7, 11) is 0. The van der Waals surface area contributed by atoms with Crippen LogP contribution in [0.25, 0.3) is 0 Å². The van der Waals surface area contributed by atoms with E-state index < -0.39 is 0 Å². The summed E-state index contributed by atoms with van der Waals surface area (Å²) in [6.45, 7) is 6.23. The van der Waals surface area contributed by atoms with Crippen molar-refractivity contribution in [2.45, 2.75) is 258 Å². The molecule has 0 aliphatic carbocycles. The van der Waals surface area contributed by atoms with E-state index in [1.807, 2.05) is 4.90 Å². The third-order valence-electron chi connectivity index (χ3n) is 11.0. The lowest BCUT2D eigenvalue weighted by atomic mass is 10.0. The highest BCUT2D eigenvalue weighted by Gasteiger charge is 2.12. The van der Waals surface area contributed by atoms with Crippen molar-refractivity contribution in [1.82, 2.24) is 10.2 Å². The van der Waals surface area contributed by atoms with E-state index in [2.05, 4.69) is 19.2 Å². The Labute approximate surface area is 348 Å². The van der Waals surface area contributed by atoms with Gasteiger partial charge in [0.25, 0.3) is 0 Å². The molecule has 3 amide bonds. The Bertz CT molecular complexity index is 812. The van der Waals surface area contributed by atoms with Crippen molar-refractivity contribution in [3.05, 3.63) is 0 Å². The van der Waals surface area contributed by atoms with Gasteiger partial charge in [0.05, 0.1) is 13.2 Å². The molecule has 0 aliphatic heterocycles. The largest absolute Gasteiger partial charge is 0.395 e. The average molecular weight is 796 g/mol.